The Hall–Kier alpha value is -3.08. The molecular formula is C17H15N3O2. The molecule has 0 unspecified atom stereocenters. The molecule has 0 saturated carbocycles. The van der Waals surface area contributed by atoms with Gasteiger partial charge in [0.1, 0.15) is 5.75 Å². The van der Waals surface area contributed by atoms with Crippen molar-refractivity contribution in [2.45, 2.75) is 6.92 Å². The standard InChI is InChI=1S/C17H15N3O2/c1-11-5-4-7-14(16(11)21)17(22)20-19-10-12-9-18-15-8-3-2-6-13(12)15/h2-10,18,21H,1H3,(H,20,22)/b19-10-. The van der Waals surface area contributed by atoms with E-state index in [-0.39, 0.29) is 11.3 Å². The summed E-state index contributed by atoms with van der Waals surface area (Å²) >= 11 is 0. The minimum atomic E-state index is -0.447. The van der Waals surface area contributed by atoms with Crippen molar-refractivity contribution in [1.29, 1.82) is 0 Å². The number of carbonyl (C=O) groups is 1. The molecule has 3 rings (SSSR count). The van der Waals surface area contributed by atoms with Crippen LogP contribution in [0.3, 0.4) is 0 Å². The summed E-state index contributed by atoms with van der Waals surface area (Å²) in [5, 5.41) is 14.9. The van der Waals surface area contributed by atoms with Crippen LogP contribution in [0, 0.1) is 6.92 Å². The average molecular weight is 293 g/mol. The molecule has 5 heteroatoms. The number of amides is 1. The molecule has 1 heterocycles. The Morgan fingerprint density at radius 2 is 2.05 bits per heavy atom. The molecule has 0 bridgehead atoms. The van der Waals surface area contributed by atoms with Gasteiger partial charge in [-0.05, 0) is 24.6 Å². The predicted molar refractivity (Wildman–Crippen MR) is 86.2 cm³/mol. The first-order chi connectivity index (χ1) is 10.7. The van der Waals surface area contributed by atoms with Crippen LogP contribution in [0.15, 0.2) is 53.8 Å². The summed E-state index contributed by atoms with van der Waals surface area (Å²) in [6.45, 7) is 1.74. The van der Waals surface area contributed by atoms with Gasteiger partial charge in [0, 0.05) is 22.7 Å². The Kier molecular flexibility index (Phi) is 3.62. The summed E-state index contributed by atoms with van der Waals surface area (Å²) in [5.41, 5.74) is 5.16. The van der Waals surface area contributed by atoms with Gasteiger partial charge in [0.05, 0.1) is 11.8 Å². The molecular weight excluding hydrogens is 278 g/mol. The molecule has 22 heavy (non-hydrogen) atoms. The van der Waals surface area contributed by atoms with Gasteiger partial charge in [-0.1, -0.05) is 30.3 Å². The molecule has 0 radical (unpaired) electrons. The van der Waals surface area contributed by atoms with Crippen LogP contribution in [-0.2, 0) is 0 Å². The van der Waals surface area contributed by atoms with Crippen molar-refractivity contribution in [2.75, 3.05) is 0 Å². The molecule has 0 aliphatic heterocycles. The fraction of sp³-hybridized carbons (Fsp3) is 0.0588. The van der Waals surface area contributed by atoms with Crippen molar-refractivity contribution in [3.63, 3.8) is 0 Å². The van der Waals surface area contributed by atoms with Crippen molar-refractivity contribution < 1.29 is 9.90 Å². The maximum absolute atomic E-state index is 12.0. The molecule has 3 aromatic rings. The van der Waals surface area contributed by atoms with Crippen LogP contribution >= 0.6 is 0 Å². The Morgan fingerprint density at radius 3 is 2.91 bits per heavy atom. The van der Waals surface area contributed by atoms with E-state index in [0.29, 0.717) is 5.56 Å². The van der Waals surface area contributed by atoms with Crippen molar-refractivity contribution in [3.8, 4) is 5.75 Å². The number of fused-ring (bicyclic) bond motifs is 1. The van der Waals surface area contributed by atoms with E-state index in [1.54, 1.807) is 31.3 Å². The van der Waals surface area contributed by atoms with E-state index >= 15 is 0 Å². The molecule has 110 valence electrons. The normalized spacial score (nSPS) is 11.1. The van der Waals surface area contributed by atoms with E-state index in [1.807, 2.05) is 30.5 Å². The zero-order valence-electron chi connectivity index (χ0n) is 12.0. The molecule has 0 aliphatic carbocycles. The lowest BCUT2D eigenvalue weighted by Gasteiger charge is -2.04. The first-order valence-electron chi connectivity index (χ1n) is 6.85. The Balaban J connectivity index is 1.77. The first kappa shape index (κ1) is 13.9. The molecule has 2 aromatic carbocycles. The lowest BCUT2D eigenvalue weighted by Crippen LogP contribution is -2.17. The number of nitrogens with zero attached hydrogens (tertiary/aromatic N) is 1. The number of benzene rings is 2. The van der Waals surface area contributed by atoms with Gasteiger partial charge in [-0.15, -0.1) is 0 Å². The highest BCUT2D eigenvalue weighted by molar-refractivity contribution is 6.01. The molecule has 0 fully saturated rings. The number of hydrazone groups is 1. The first-order valence-corrected chi connectivity index (χ1v) is 6.85. The number of hydrogen-bond donors (Lipinski definition) is 3. The van der Waals surface area contributed by atoms with Crippen LogP contribution in [-0.4, -0.2) is 22.2 Å². The number of nitrogens with one attached hydrogen (secondary N) is 2. The smallest absolute Gasteiger partial charge is 0.275 e. The van der Waals surface area contributed by atoms with Crippen LogP contribution < -0.4 is 5.43 Å². The van der Waals surface area contributed by atoms with Crippen molar-refractivity contribution in [2.24, 2.45) is 5.10 Å². The van der Waals surface area contributed by atoms with E-state index < -0.39 is 5.91 Å². The number of hydrogen-bond acceptors (Lipinski definition) is 3. The quantitative estimate of drug-likeness (QED) is 0.513. The number of para-hydroxylation sites is 2. The van der Waals surface area contributed by atoms with Gasteiger partial charge in [0.25, 0.3) is 5.91 Å². The van der Waals surface area contributed by atoms with Crippen molar-refractivity contribution >= 4 is 23.0 Å². The monoisotopic (exact) mass is 293 g/mol. The summed E-state index contributed by atoms with van der Waals surface area (Å²) < 4.78 is 0. The predicted octanol–water partition coefficient (Wildman–Crippen LogP) is 2.95. The SMILES string of the molecule is Cc1cccc(C(=O)N/N=C\c2c[nH]c3ccccc23)c1O. The zero-order valence-corrected chi connectivity index (χ0v) is 12.0. The van der Waals surface area contributed by atoms with E-state index in [9.17, 15) is 9.90 Å². The Labute approximate surface area is 127 Å². The summed E-state index contributed by atoms with van der Waals surface area (Å²) in [6.07, 6.45) is 3.40. The van der Waals surface area contributed by atoms with Gasteiger partial charge in [0.2, 0.25) is 0 Å². The maximum Gasteiger partial charge on any atom is 0.275 e. The summed E-state index contributed by atoms with van der Waals surface area (Å²) in [4.78, 5) is 15.1. The number of H-pyrrole nitrogens is 1. The highest BCUT2D eigenvalue weighted by Crippen LogP contribution is 2.21. The van der Waals surface area contributed by atoms with Crippen LogP contribution in [0.25, 0.3) is 10.9 Å². The number of aromatic nitrogens is 1. The zero-order chi connectivity index (χ0) is 15.5. The maximum atomic E-state index is 12.0. The molecule has 0 saturated heterocycles. The van der Waals surface area contributed by atoms with E-state index in [4.69, 9.17) is 0 Å². The number of phenolic OH excluding ortho intramolecular Hbond substituents is 1. The molecule has 0 spiro atoms. The second-order valence-electron chi connectivity index (χ2n) is 4.96. The van der Waals surface area contributed by atoms with E-state index in [1.165, 1.54) is 0 Å². The second kappa shape index (κ2) is 5.73. The number of aromatic amines is 1. The topological polar surface area (TPSA) is 77.5 Å². The number of carbonyl (C=O) groups excluding carboxylic acids is 1. The van der Waals surface area contributed by atoms with Gasteiger partial charge in [-0.3, -0.25) is 4.79 Å². The van der Waals surface area contributed by atoms with Gasteiger partial charge < -0.3 is 10.1 Å². The Morgan fingerprint density at radius 1 is 1.23 bits per heavy atom. The minimum Gasteiger partial charge on any atom is -0.507 e. The molecule has 0 atom stereocenters. The van der Waals surface area contributed by atoms with Crippen molar-refractivity contribution in [3.05, 3.63) is 65.4 Å². The van der Waals surface area contributed by atoms with Crippen LogP contribution in [0.4, 0.5) is 0 Å². The number of aryl methyl sites for hydroxylation is 1. The highest BCUT2D eigenvalue weighted by Gasteiger charge is 2.11. The van der Waals surface area contributed by atoms with Crippen LogP contribution in [0.1, 0.15) is 21.5 Å². The summed E-state index contributed by atoms with van der Waals surface area (Å²) in [6, 6.07) is 12.8. The van der Waals surface area contributed by atoms with Gasteiger partial charge >= 0.3 is 0 Å². The molecule has 5 nitrogen and oxygen atoms in total. The van der Waals surface area contributed by atoms with Gasteiger partial charge in [-0.2, -0.15) is 5.10 Å². The van der Waals surface area contributed by atoms with E-state index in [2.05, 4.69) is 15.5 Å². The number of aromatic hydroxyl groups is 1. The summed E-state index contributed by atoms with van der Waals surface area (Å²) in [5.74, 6) is -0.473. The Bertz CT molecular complexity index is 865. The van der Waals surface area contributed by atoms with E-state index in [0.717, 1.165) is 16.5 Å². The number of rotatable bonds is 3. The van der Waals surface area contributed by atoms with Crippen LogP contribution in [0.2, 0.25) is 0 Å². The highest BCUT2D eigenvalue weighted by atomic mass is 16.3. The fourth-order valence-electron chi connectivity index (χ4n) is 2.26. The average Bonchev–Trinajstić information content (AvgIpc) is 2.93. The fourth-order valence-corrected chi connectivity index (χ4v) is 2.26. The third-order valence-electron chi connectivity index (χ3n) is 3.47. The lowest BCUT2D eigenvalue weighted by molar-refractivity contribution is 0.0952. The van der Waals surface area contributed by atoms with Crippen LogP contribution in [0.5, 0.6) is 5.75 Å². The van der Waals surface area contributed by atoms with Gasteiger partial charge in [0.15, 0.2) is 0 Å². The summed E-state index contributed by atoms with van der Waals surface area (Å²) in [7, 11) is 0. The molecule has 1 aromatic heterocycles. The largest absolute Gasteiger partial charge is 0.507 e. The molecule has 1 amide bonds. The number of phenols is 1. The lowest BCUT2D eigenvalue weighted by atomic mass is 10.1. The third-order valence-corrected chi connectivity index (χ3v) is 3.47. The van der Waals surface area contributed by atoms with Crippen molar-refractivity contribution in [1.82, 2.24) is 10.4 Å². The third kappa shape index (κ3) is 2.56. The molecule has 0 aliphatic rings. The second-order valence-corrected chi connectivity index (χ2v) is 4.96. The molecule has 3 N–H and O–H groups in total. The van der Waals surface area contributed by atoms with Gasteiger partial charge in [-0.25, -0.2) is 5.43 Å². The minimum absolute atomic E-state index is 0.0257.